The molecule has 1 saturated heterocycles. The number of nitriles is 1. The maximum absolute atomic E-state index is 13.1. The van der Waals surface area contributed by atoms with Gasteiger partial charge in [0.25, 0.3) is 0 Å². The van der Waals surface area contributed by atoms with Crippen LogP contribution in [0.5, 0.6) is 0 Å². The van der Waals surface area contributed by atoms with Crippen molar-refractivity contribution in [1.82, 2.24) is 9.97 Å². The van der Waals surface area contributed by atoms with Crippen LogP contribution in [0, 0.1) is 17.2 Å². The van der Waals surface area contributed by atoms with Gasteiger partial charge in [0.05, 0.1) is 17.1 Å². The Kier molecular flexibility index (Phi) is 5.04. The second-order valence-corrected chi connectivity index (χ2v) is 10.3. The SMILES string of the molecule is CC1CCN(c2nc3ccccc3nc2[C@H](C#N)S(=O)(=O)c2cccs2)CC1. The van der Waals surface area contributed by atoms with Crippen molar-refractivity contribution in [2.75, 3.05) is 18.0 Å². The first kappa shape index (κ1) is 18.8. The summed E-state index contributed by atoms with van der Waals surface area (Å²) in [5.74, 6) is 1.13. The van der Waals surface area contributed by atoms with Crippen LogP contribution in [0.1, 0.15) is 30.7 Å². The Morgan fingerprint density at radius 3 is 2.43 bits per heavy atom. The van der Waals surface area contributed by atoms with Gasteiger partial charge < -0.3 is 4.90 Å². The highest BCUT2D eigenvalue weighted by atomic mass is 32.2. The van der Waals surface area contributed by atoms with Gasteiger partial charge in [-0.1, -0.05) is 25.1 Å². The number of sulfone groups is 1. The van der Waals surface area contributed by atoms with Gasteiger partial charge >= 0.3 is 0 Å². The van der Waals surface area contributed by atoms with E-state index in [0.29, 0.717) is 22.8 Å². The number of hydrogen-bond acceptors (Lipinski definition) is 7. The molecule has 28 heavy (non-hydrogen) atoms. The minimum atomic E-state index is -3.87. The Bertz CT molecular complexity index is 1130. The zero-order valence-corrected chi connectivity index (χ0v) is 17.1. The largest absolute Gasteiger partial charge is 0.355 e. The first-order valence-corrected chi connectivity index (χ1v) is 11.6. The van der Waals surface area contributed by atoms with Crippen LogP contribution in [0.3, 0.4) is 0 Å². The van der Waals surface area contributed by atoms with Gasteiger partial charge in [0.2, 0.25) is 9.84 Å². The van der Waals surface area contributed by atoms with Gasteiger partial charge in [0.15, 0.2) is 11.1 Å². The van der Waals surface area contributed by atoms with Crippen molar-refractivity contribution in [3.63, 3.8) is 0 Å². The zero-order chi connectivity index (χ0) is 19.7. The Morgan fingerprint density at radius 1 is 1.14 bits per heavy atom. The molecule has 8 heteroatoms. The van der Waals surface area contributed by atoms with Crippen LogP contribution in [0.4, 0.5) is 5.82 Å². The highest BCUT2D eigenvalue weighted by Gasteiger charge is 2.36. The molecule has 1 aliphatic rings. The van der Waals surface area contributed by atoms with Crippen molar-refractivity contribution in [3.8, 4) is 6.07 Å². The fourth-order valence-electron chi connectivity index (χ4n) is 3.45. The normalized spacial score (nSPS) is 16.8. The number of rotatable bonds is 4. The second kappa shape index (κ2) is 7.49. The molecule has 0 unspecified atom stereocenters. The van der Waals surface area contributed by atoms with Crippen molar-refractivity contribution in [2.24, 2.45) is 5.92 Å². The van der Waals surface area contributed by atoms with Gasteiger partial charge in [-0.25, -0.2) is 18.4 Å². The minimum absolute atomic E-state index is 0.173. The predicted octanol–water partition coefficient (Wildman–Crippen LogP) is 3.97. The maximum atomic E-state index is 13.1. The van der Waals surface area contributed by atoms with E-state index in [1.807, 2.05) is 24.3 Å². The molecule has 0 amide bonds. The lowest BCUT2D eigenvalue weighted by molar-refractivity contribution is 0.436. The van der Waals surface area contributed by atoms with Crippen molar-refractivity contribution >= 4 is 38.0 Å². The summed E-state index contributed by atoms with van der Waals surface area (Å²) in [4.78, 5) is 11.4. The van der Waals surface area contributed by atoms with Crippen molar-refractivity contribution in [2.45, 2.75) is 29.2 Å². The molecule has 2 aromatic heterocycles. The van der Waals surface area contributed by atoms with Crippen LogP contribution in [0.25, 0.3) is 11.0 Å². The van der Waals surface area contributed by atoms with Gasteiger partial charge in [-0.15, -0.1) is 11.3 Å². The molecule has 1 atom stereocenters. The summed E-state index contributed by atoms with van der Waals surface area (Å²) in [6.07, 6.45) is 2.01. The number of thiophene rings is 1. The van der Waals surface area contributed by atoms with E-state index in [1.165, 1.54) is 6.07 Å². The number of anilines is 1. The average Bonchev–Trinajstić information content (AvgIpc) is 3.24. The highest BCUT2D eigenvalue weighted by Crippen LogP contribution is 2.36. The molecule has 4 rings (SSSR count). The molecule has 0 radical (unpaired) electrons. The van der Waals surface area contributed by atoms with Gasteiger partial charge in [-0.2, -0.15) is 5.26 Å². The molecule has 0 saturated carbocycles. The van der Waals surface area contributed by atoms with Gasteiger partial charge in [0, 0.05) is 13.1 Å². The summed E-state index contributed by atoms with van der Waals surface area (Å²) in [7, 11) is -3.87. The van der Waals surface area contributed by atoms with E-state index in [2.05, 4.69) is 16.8 Å². The molecular formula is C20H20N4O2S2. The fourth-order valence-corrected chi connectivity index (χ4v) is 5.98. The molecule has 3 aromatic rings. The van der Waals surface area contributed by atoms with E-state index in [0.717, 1.165) is 37.3 Å². The number of para-hydroxylation sites is 2. The van der Waals surface area contributed by atoms with Gasteiger partial charge in [0.1, 0.15) is 9.90 Å². The van der Waals surface area contributed by atoms with Crippen LogP contribution in [-0.4, -0.2) is 31.5 Å². The molecule has 1 fully saturated rings. The first-order chi connectivity index (χ1) is 13.5. The third kappa shape index (κ3) is 3.36. The molecular weight excluding hydrogens is 392 g/mol. The lowest BCUT2D eigenvalue weighted by Gasteiger charge is -2.32. The summed E-state index contributed by atoms with van der Waals surface area (Å²) in [6, 6.07) is 12.5. The standard InChI is InChI=1S/C20H20N4O2S2/c1-14-8-10-24(11-9-14)20-19(22-15-5-2-3-6-16(15)23-20)17(13-21)28(25,26)18-7-4-12-27-18/h2-7,12,14,17H,8-11H2,1H3/t17-/m0/s1. The fraction of sp³-hybridized carbons (Fsp3) is 0.350. The molecule has 1 aromatic carbocycles. The van der Waals surface area contributed by atoms with E-state index >= 15 is 0 Å². The Balaban J connectivity index is 1.88. The molecule has 144 valence electrons. The maximum Gasteiger partial charge on any atom is 0.209 e. The van der Waals surface area contributed by atoms with Crippen LogP contribution >= 0.6 is 11.3 Å². The smallest absolute Gasteiger partial charge is 0.209 e. The van der Waals surface area contributed by atoms with E-state index < -0.39 is 15.1 Å². The lowest BCUT2D eigenvalue weighted by atomic mass is 9.99. The van der Waals surface area contributed by atoms with Gasteiger partial charge in [-0.3, -0.25) is 0 Å². The summed E-state index contributed by atoms with van der Waals surface area (Å²) in [5, 5.41) is 10.1. The van der Waals surface area contributed by atoms with Crippen molar-refractivity contribution < 1.29 is 8.42 Å². The third-order valence-electron chi connectivity index (χ3n) is 5.11. The molecule has 0 spiro atoms. The number of aromatic nitrogens is 2. The van der Waals surface area contributed by atoms with E-state index in [1.54, 1.807) is 17.5 Å². The summed E-state index contributed by atoms with van der Waals surface area (Å²) in [6.45, 7) is 3.76. The Labute approximate surface area is 168 Å². The van der Waals surface area contributed by atoms with E-state index in [4.69, 9.17) is 4.98 Å². The van der Waals surface area contributed by atoms with Crippen LogP contribution < -0.4 is 4.90 Å². The predicted molar refractivity (Wildman–Crippen MR) is 110 cm³/mol. The second-order valence-electron chi connectivity index (χ2n) is 7.08. The number of piperidine rings is 1. The van der Waals surface area contributed by atoms with Gasteiger partial charge in [-0.05, 0) is 42.3 Å². The molecule has 0 bridgehead atoms. The molecule has 0 N–H and O–H groups in total. The van der Waals surface area contributed by atoms with Crippen molar-refractivity contribution in [3.05, 3.63) is 47.5 Å². The van der Waals surface area contributed by atoms with E-state index in [-0.39, 0.29) is 9.90 Å². The monoisotopic (exact) mass is 412 g/mol. The number of benzene rings is 1. The molecule has 3 heterocycles. The first-order valence-electron chi connectivity index (χ1n) is 9.19. The summed E-state index contributed by atoms with van der Waals surface area (Å²) >= 11 is 1.11. The highest BCUT2D eigenvalue weighted by molar-refractivity contribution is 7.93. The Hall–Kier alpha value is -2.50. The van der Waals surface area contributed by atoms with Crippen molar-refractivity contribution in [1.29, 1.82) is 5.26 Å². The lowest BCUT2D eigenvalue weighted by Crippen LogP contribution is -2.35. The van der Waals surface area contributed by atoms with E-state index in [9.17, 15) is 13.7 Å². The Morgan fingerprint density at radius 2 is 1.82 bits per heavy atom. The zero-order valence-electron chi connectivity index (χ0n) is 15.4. The summed E-state index contributed by atoms with van der Waals surface area (Å²) < 4.78 is 26.5. The molecule has 0 aliphatic carbocycles. The topological polar surface area (TPSA) is 86.9 Å². The number of nitrogens with zero attached hydrogens (tertiary/aromatic N) is 4. The van der Waals surface area contributed by atoms with Crippen LogP contribution in [-0.2, 0) is 9.84 Å². The number of hydrogen-bond donors (Lipinski definition) is 0. The molecule has 6 nitrogen and oxygen atoms in total. The number of fused-ring (bicyclic) bond motifs is 1. The molecule has 1 aliphatic heterocycles. The van der Waals surface area contributed by atoms with Crippen LogP contribution in [0.15, 0.2) is 46.0 Å². The average molecular weight is 413 g/mol. The quantitative estimate of drug-likeness (QED) is 0.644. The minimum Gasteiger partial charge on any atom is -0.355 e. The third-order valence-corrected chi connectivity index (χ3v) is 8.41. The van der Waals surface area contributed by atoms with Crippen LogP contribution in [0.2, 0.25) is 0 Å². The summed E-state index contributed by atoms with van der Waals surface area (Å²) in [5.41, 5.74) is 1.52.